The number of rotatable bonds is 7. The van der Waals surface area contributed by atoms with E-state index >= 15 is 0 Å². The summed E-state index contributed by atoms with van der Waals surface area (Å²) in [5.74, 6) is 0.785. The molecule has 1 atom stereocenters. The van der Waals surface area contributed by atoms with Crippen molar-refractivity contribution in [2.45, 2.75) is 19.4 Å². The molecular weight excluding hydrogens is 406 g/mol. The topological polar surface area (TPSA) is 73.7 Å². The third-order valence-corrected chi connectivity index (χ3v) is 5.82. The molecule has 2 aromatic carbocycles. The van der Waals surface area contributed by atoms with Gasteiger partial charge in [0.1, 0.15) is 0 Å². The van der Waals surface area contributed by atoms with Gasteiger partial charge in [-0.15, -0.1) is 0 Å². The van der Waals surface area contributed by atoms with Crippen LogP contribution in [0.2, 0.25) is 0 Å². The summed E-state index contributed by atoms with van der Waals surface area (Å²) in [6.07, 6.45) is 4.91. The first-order valence-corrected chi connectivity index (χ1v) is 10.7. The van der Waals surface area contributed by atoms with Crippen molar-refractivity contribution < 1.29 is 19.1 Å². The number of likely N-dealkylation sites (tertiary alicyclic amines) is 1. The van der Waals surface area contributed by atoms with E-state index in [4.69, 9.17) is 9.47 Å². The van der Waals surface area contributed by atoms with Gasteiger partial charge in [-0.05, 0) is 36.6 Å². The zero-order valence-corrected chi connectivity index (χ0v) is 18.4. The summed E-state index contributed by atoms with van der Waals surface area (Å²) in [7, 11) is 3.11. The van der Waals surface area contributed by atoms with Crippen molar-refractivity contribution in [1.29, 1.82) is 0 Å². The van der Waals surface area contributed by atoms with Gasteiger partial charge in [-0.1, -0.05) is 30.3 Å². The Hall–Kier alpha value is -3.61. The molecule has 4 rings (SSSR count). The van der Waals surface area contributed by atoms with Gasteiger partial charge >= 0.3 is 0 Å². The second kappa shape index (κ2) is 9.68. The van der Waals surface area contributed by atoms with Crippen molar-refractivity contribution in [1.82, 2.24) is 14.7 Å². The largest absolute Gasteiger partial charge is 0.493 e. The van der Waals surface area contributed by atoms with Crippen molar-refractivity contribution in [2.75, 3.05) is 27.3 Å². The van der Waals surface area contributed by atoms with E-state index in [1.54, 1.807) is 54.4 Å². The first-order chi connectivity index (χ1) is 15.6. The molecule has 3 aromatic rings. The second-order valence-electron chi connectivity index (χ2n) is 7.94. The summed E-state index contributed by atoms with van der Waals surface area (Å²) in [6.45, 7) is 1.64. The number of ether oxygens (including phenoxy) is 2. The predicted molar refractivity (Wildman–Crippen MR) is 120 cm³/mol. The Bertz CT molecular complexity index is 1090. The molecule has 0 N–H and O–H groups in total. The number of carbonyl (C=O) groups excluding carboxylic acids is 2. The lowest BCUT2D eigenvalue weighted by Crippen LogP contribution is -2.42. The van der Waals surface area contributed by atoms with Crippen molar-refractivity contribution in [3.8, 4) is 11.5 Å². The van der Waals surface area contributed by atoms with Crippen LogP contribution >= 0.6 is 0 Å². The first-order valence-electron chi connectivity index (χ1n) is 10.7. The summed E-state index contributed by atoms with van der Waals surface area (Å²) < 4.78 is 12.3. The summed E-state index contributed by atoms with van der Waals surface area (Å²) >= 11 is 0. The summed E-state index contributed by atoms with van der Waals surface area (Å²) in [5.41, 5.74) is 2.23. The lowest BCUT2D eigenvalue weighted by Gasteiger charge is -2.32. The summed E-state index contributed by atoms with van der Waals surface area (Å²) in [5, 5.41) is 4.34. The smallest absolute Gasteiger partial charge is 0.257 e. The third-order valence-electron chi connectivity index (χ3n) is 5.82. The van der Waals surface area contributed by atoms with E-state index in [1.807, 2.05) is 30.3 Å². The number of hydrogen-bond acceptors (Lipinski definition) is 5. The molecule has 0 spiro atoms. The zero-order chi connectivity index (χ0) is 22.5. The number of hydrogen-bond donors (Lipinski definition) is 0. The highest BCUT2D eigenvalue weighted by atomic mass is 16.5. The Kier molecular flexibility index (Phi) is 6.54. The van der Waals surface area contributed by atoms with E-state index in [0.717, 1.165) is 18.4 Å². The lowest BCUT2D eigenvalue weighted by atomic mass is 9.89. The van der Waals surface area contributed by atoms with Crippen LogP contribution in [0.15, 0.2) is 60.9 Å². The average Bonchev–Trinajstić information content (AvgIpc) is 3.31. The van der Waals surface area contributed by atoms with E-state index in [-0.39, 0.29) is 17.6 Å². The van der Waals surface area contributed by atoms with Gasteiger partial charge in [0.15, 0.2) is 17.3 Å². The maximum absolute atomic E-state index is 13.1. The monoisotopic (exact) mass is 433 g/mol. The number of nitrogens with zero attached hydrogens (tertiary/aromatic N) is 3. The molecule has 7 nitrogen and oxygen atoms in total. The fourth-order valence-corrected chi connectivity index (χ4v) is 4.11. The van der Waals surface area contributed by atoms with Crippen molar-refractivity contribution in [3.05, 3.63) is 77.6 Å². The fourth-order valence-electron chi connectivity index (χ4n) is 4.11. The molecular formula is C25H27N3O4. The van der Waals surface area contributed by atoms with Gasteiger partial charge in [0.25, 0.3) is 5.91 Å². The Morgan fingerprint density at radius 1 is 1.03 bits per heavy atom. The maximum Gasteiger partial charge on any atom is 0.257 e. The van der Waals surface area contributed by atoms with Crippen LogP contribution in [0.4, 0.5) is 0 Å². The molecule has 166 valence electrons. The number of benzene rings is 2. The van der Waals surface area contributed by atoms with Crippen LogP contribution in [0.25, 0.3) is 0 Å². The second-order valence-corrected chi connectivity index (χ2v) is 7.94. The quantitative estimate of drug-likeness (QED) is 0.532. The Morgan fingerprint density at radius 2 is 1.81 bits per heavy atom. The van der Waals surface area contributed by atoms with E-state index in [1.165, 1.54) is 0 Å². The van der Waals surface area contributed by atoms with Crippen molar-refractivity contribution in [2.24, 2.45) is 5.92 Å². The van der Waals surface area contributed by atoms with Crippen LogP contribution in [0.5, 0.6) is 11.5 Å². The van der Waals surface area contributed by atoms with Gasteiger partial charge in [0, 0.05) is 30.8 Å². The highest BCUT2D eigenvalue weighted by Gasteiger charge is 2.30. The molecule has 1 aliphatic rings. The predicted octanol–water partition coefficient (Wildman–Crippen LogP) is 3.68. The molecule has 1 amide bonds. The van der Waals surface area contributed by atoms with Crippen LogP contribution in [0.3, 0.4) is 0 Å². The molecule has 1 aromatic heterocycles. The number of Topliss-reactive ketones (excluding diaryl/α,β-unsaturated/α-hetero) is 1. The van der Waals surface area contributed by atoms with E-state index in [0.29, 0.717) is 42.3 Å². The van der Waals surface area contributed by atoms with Gasteiger partial charge in [-0.25, -0.2) is 0 Å². The number of amides is 1. The third kappa shape index (κ3) is 4.66. The molecule has 1 aliphatic heterocycles. The molecule has 0 aliphatic carbocycles. The lowest BCUT2D eigenvalue weighted by molar-refractivity contribution is 0.0636. The van der Waals surface area contributed by atoms with Gasteiger partial charge in [-0.2, -0.15) is 5.10 Å². The number of ketones is 1. The minimum Gasteiger partial charge on any atom is -0.493 e. The molecule has 2 heterocycles. The first kappa shape index (κ1) is 21.6. The number of aromatic nitrogens is 2. The number of methoxy groups -OCH3 is 2. The Labute approximate surface area is 187 Å². The van der Waals surface area contributed by atoms with Crippen LogP contribution < -0.4 is 9.47 Å². The molecule has 0 bridgehead atoms. The van der Waals surface area contributed by atoms with Crippen LogP contribution in [-0.2, 0) is 6.54 Å². The number of piperidine rings is 1. The Morgan fingerprint density at radius 3 is 2.56 bits per heavy atom. The average molecular weight is 434 g/mol. The minimum atomic E-state index is -0.245. The zero-order valence-electron chi connectivity index (χ0n) is 18.4. The van der Waals surface area contributed by atoms with Gasteiger partial charge < -0.3 is 14.4 Å². The van der Waals surface area contributed by atoms with E-state index in [9.17, 15) is 9.59 Å². The fraction of sp³-hybridized carbons (Fsp3) is 0.320. The van der Waals surface area contributed by atoms with Crippen molar-refractivity contribution >= 4 is 11.7 Å². The molecule has 32 heavy (non-hydrogen) atoms. The molecule has 0 radical (unpaired) electrons. The summed E-state index contributed by atoms with van der Waals surface area (Å²) in [6, 6.07) is 15.2. The normalized spacial score (nSPS) is 15.9. The van der Waals surface area contributed by atoms with Crippen LogP contribution in [-0.4, -0.2) is 53.7 Å². The maximum atomic E-state index is 13.1. The standard InChI is InChI=1S/C25H27N3O4/c1-31-22-11-10-19(13-23(22)32-2)24(29)20-9-6-12-27(16-20)25(30)21-14-26-28(17-21)15-18-7-4-3-5-8-18/h3-5,7-8,10-11,13-14,17,20H,6,9,12,15-16H2,1-2H3. The summed E-state index contributed by atoms with van der Waals surface area (Å²) in [4.78, 5) is 28.0. The van der Waals surface area contributed by atoms with E-state index in [2.05, 4.69) is 5.10 Å². The SMILES string of the molecule is COc1ccc(C(=O)C2CCCN(C(=O)c3cnn(Cc4ccccc4)c3)C2)cc1OC. The van der Waals surface area contributed by atoms with E-state index < -0.39 is 0 Å². The van der Waals surface area contributed by atoms with Gasteiger partial charge in [0.2, 0.25) is 0 Å². The van der Waals surface area contributed by atoms with Crippen LogP contribution in [0.1, 0.15) is 39.1 Å². The van der Waals surface area contributed by atoms with Crippen LogP contribution in [0, 0.1) is 5.92 Å². The highest BCUT2D eigenvalue weighted by molar-refractivity contribution is 5.99. The van der Waals surface area contributed by atoms with Gasteiger partial charge in [0.05, 0.1) is 32.5 Å². The molecule has 1 saturated heterocycles. The Balaban J connectivity index is 1.43. The molecule has 0 saturated carbocycles. The molecule has 7 heteroatoms. The molecule has 1 fully saturated rings. The molecule has 1 unspecified atom stereocenters. The van der Waals surface area contributed by atoms with Crippen molar-refractivity contribution in [3.63, 3.8) is 0 Å². The minimum absolute atomic E-state index is 0.0169. The highest BCUT2D eigenvalue weighted by Crippen LogP contribution is 2.30. The van der Waals surface area contributed by atoms with Gasteiger partial charge in [-0.3, -0.25) is 14.3 Å². The number of carbonyl (C=O) groups is 2.